The van der Waals surface area contributed by atoms with Crippen molar-refractivity contribution in [3.8, 4) is 0 Å². The highest BCUT2D eigenvalue weighted by Crippen LogP contribution is 2.31. The molecule has 0 spiro atoms. The summed E-state index contributed by atoms with van der Waals surface area (Å²) < 4.78 is 5.10. The molecule has 7 nitrogen and oxygen atoms in total. The molecule has 0 radical (unpaired) electrons. The van der Waals surface area contributed by atoms with Gasteiger partial charge in [0, 0.05) is 10.5 Å². The monoisotopic (exact) mass is 345 g/mol. The number of anilines is 1. The Hall–Kier alpha value is -2.74. The normalized spacial score (nSPS) is 12.9. The predicted molar refractivity (Wildman–Crippen MR) is 88.7 cm³/mol. The lowest BCUT2D eigenvalue weighted by Gasteiger charge is -2.16. The first-order valence-electron chi connectivity index (χ1n) is 7.26. The van der Waals surface area contributed by atoms with Crippen LogP contribution in [0.2, 0.25) is 0 Å². The summed E-state index contributed by atoms with van der Waals surface area (Å²) in [6, 6.07) is 8.54. The van der Waals surface area contributed by atoms with Gasteiger partial charge in [0.15, 0.2) is 0 Å². The van der Waals surface area contributed by atoms with Gasteiger partial charge in [0.2, 0.25) is 11.8 Å². The number of hydrogen-bond donors (Lipinski definition) is 3. The summed E-state index contributed by atoms with van der Waals surface area (Å²) in [7, 11) is 0. The Bertz CT molecular complexity index is 774. The first-order chi connectivity index (χ1) is 11.6. The van der Waals surface area contributed by atoms with E-state index < -0.39 is 0 Å². The van der Waals surface area contributed by atoms with E-state index in [2.05, 4.69) is 16.0 Å². The van der Waals surface area contributed by atoms with Gasteiger partial charge in [0.25, 0.3) is 5.91 Å². The molecule has 124 valence electrons. The lowest BCUT2D eigenvalue weighted by atomic mass is 10.2. The van der Waals surface area contributed by atoms with Crippen LogP contribution in [0.15, 0.2) is 45.9 Å². The second-order valence-corrected chi connectivity index (χ2v) is 6.10. The van der Waals surface area contributed by atoms with Crippen LogP contribution in [-0.4, -0.2) is 30.0 Å². The standard InChI is InChI=1S/C16H15N3O4S/c20-14(17-7-11-2-1-5-23-11)8-18-16(22)10-3-4-13-12(6-10)19-15(21)9-24-13/h1-6H,7-9H2,(H,17,20)(H,18,22)(H,19,21). The van der Waals surface area contributed by atoms with E-state index in [1.807, 2.05) is 0 Å². The molecule has 3 amide bonds. The molecule has 1 aromatic heterocycles. The summed E-state index contributed by atoms with van der Waals surface area (Å²) in [5.41, 5.74) is 1.00. The highest BCUT2D eigenvalue weighted by molar-refractivity contribution is 8.00. The Kier molecular flexibility index (Phi) is 4.85. The zero-order chi connectivity index (χ0) is 16.9. The van der Waals surface area contributed by atoms with Gasteiger partial charge < -0.3 is 20.4 Å². The zero-order valence-corrected chi connectivity index (χ0v) is 13.4. The molecule has 0 aliphatic carbocycles. The number of benzene rings is 1. The minimum Gasteiger partial charge on any atom is -0.467 e. The number of carbonyl (C=O) groups is 3. The van der Waals surface area contributed by atoms with Crippen molar-refractivity contribution in [1.82, 2.24) is 10.6 Å². The van der Waals surface area contributed by atoms with Gasteiger partial charge in [-0.3, -0.25) is 14.4 Å². The molecule has 0 saturated heterocycles. The number of carbonyl (C=O) groups excluding carboxylic acids is 3. The number of fused-ring (bicyclic) bond motifs is 1. The number of furan rings is 1. The maximum atomic E-state index is 12.1. The lowest BCUT2D eigenvalue weighted by Crippen LogP contribution is -2.36. The third kappa shape index (κ3) is 3.96. The van der Waals surface area contributed by atoms with E-state index in [4.69, 9.17) is 4.42 Å². The summed E-state index contributed by atoms with van der Waals surface area (Å²) in [5, 5.41) is 7.91. The Morgan fingerprint density at radius 3 is 2.92 bits per heavy atom. The minimum atomic E-state index is -0.379. The number of hydrogen-bond acceptors (Lipinski definition) is 5. The molecule has 2 heterocycles. The van der Waals surface area contributed by atoms with Crippen molar-refractivity contribution in [3.63, 3.8) is 0 Å². The molecule has 0 bridgehead atoms. The molecule has 24 heavy (non-hydrogen) atoms. The summed E-state index contributed by atoms with van der Waals surface area (Å²) in [6.45, 7) is 0.127. The molecule has 3 rings (SSSR count). The molecule has 0 fully saturated rings. The number of thioether (sulfide) groups is 1. The summed E-state index contributed by atoms with van der Waals surface area (Å²) in [5.74, 6) is 0.214. The van der Waals surface area contributed by atoms with E-state index in [0.29, 0.717) is 22.8 Å². The smallest absolute Gasteiger partial charge is 0.251 e. The average molecular weight is 345 g/mol. The second-order valence-electron chi connectivity index (χ2n) is 5.09. The van der Waals surface area contributed by atoms with Gasteiger partial charge in [-0.2, -0.15) is 0 Å². The highest BCUT2D eigenvalue weighted by atomic mass is 32.2. The van der Waals surface area contributed by atoms with Gasteiger partial charge in [-0.1, -0.05) is 0 Å². The molecule has 1 aliphatic heterocycles. The average Bonchev–Trinajstić information content (AvgIpc) is 3.10. The summed E-state index contributed by atoms with van der Waals surface area (Å²) >= 11 is 1.42. The maximum absolute atomic E-state index is 12.1. The van der Waals surface area contributed by atoms with E-state index in [1.165, 1.54) is 18.0 Å². The molecular formula is C16H15N3O4S. The van der Waals surface area contributed by atoms with Crippen LogP contribution in [0, 0.1) is 0 Å². The van der Waals surface area contributed by atoms with Gasteiger partial charge in [-0.25, -0.2) is 0 Å². The van der Waals surface area contributed by atoms with Crippen LogP contribution in [0.4, 0.5) is 5.69 Å². The number of amides is 3. The van der Waals surface area contributed by atoms with Gasteiger partial charge in [-0.05, 0) is 30.3 Å². The van der Waals surface area contributed by atoms with Crippen LogP contribution in [-0.2, 0) is 16.1 Å². The van der Waals surface area contributed by atoms with Gasteiger partial charge >= 0.3 is 0 Å². The van der Waals surface area contributed by atoms with Gasteiger partial charge in [-0.15, -0.1) is 11.8 Å². The van der Waals surface area contributed by atoms with Crippen molar-refractivity contribution in [2.24, 2.45) is 0 Å². The van der Waals surface area contributed by atoms with Crippen LogP contribution in [0.25, 0.3) is 0 Å². The molecule has 2 aromatic rings. The molecule has 0 saturated carbocycles. The SMILES string of the molecule is O=C(CNC(=O)c1ccc2c(c1)NC(=O)CS2)NCc1ccco1. The predicted octanol–water partition coefficient (Wildman–Crippen LogP) is 1.37. The van der Waals surface area contributed by atoms with Crippen molar-refractivity contribution < 1.29 is 18.8 Å². The fraction of sp³-hybridized carbons (Fsp3) is 0.188. The molecule has 0 atom stereocenters. The third-order valence-corrected chi connectivity index (χ3v) is 4.40. The van der Waals surface area contributed by atoms with E-state index >= 15 is 0 Å². The van der Waals surface area contributed by atoms with Crippen molar-refractivity contribution in [1.29, 1.82) is 0 Å². The molecule has 1 aliphatic rings. The molecule has 8 heteroatoms. The van der Waals surface area contributed by atoms with Crippen LogP contribution < -0.4 is 16.0 Å². The zero-order valence-electron chi connectivity index (χ0n) is 12.6. The quantitative estimate of drug-likeness (QED) is 0.760. The van der Waals surface area contributed by atoms with E-state index in [-0.39, 0.29) is 30.8 Å². The minimum absolute atomic E-state index is 0.0950. The topological polar surface area (TPSA) is 100 Å². The van der Waals surface area contributed by atoms with Crippen LogP contribution >= 0.6 is 11.8 Å². The summed E-state index contributed by atoms with van der Waals surface area (Å²) in [6.07, 6.45) is 1.52. The van der Waals surface area contributed by atoms with Crippen molar-refractivity contribution in [2.75, 3.05) is 17.6 Å². The summed E-state index contributed by atoms with van der Waals surface area (Å²) in [4.78, 5) is 36.2. The third-order valence-electron chi connectivity index (χ3n) is 3.32. The second kappa shape index (κ2) is 7.22. The van der Waals surface area contributed by atoms with E-state index in [9.17, 15) is 14.4 Å². The lowest BCUT2D eigenvalue weighted by molar-refractivity contribution is -0.120. The van der Waals surface area contributed by atoms with Crippen LogP contribution in [0.3, 0.4) is 0 Å². The fourth-order valence-corrected chi connectivity index (χ4v) is 2.94. The molecule has 0 unspecified atom stereocenters. The van der Waals surface area contributed by atoms with E-state index in [0.717, 1.165) is 4.90 Å². The van der Waals surface area contributed by atoms with Crippen molar-refractivity contribution in [2.45, 2.75) is 11.4 Å². The molecule has 3 N–H and O–H groups in total. The number of rotatable bonds is 5. The maximum Gasteiger partial charge on any atom is 0.251 e. The van der Waals surface area contributed by atoms with E-state index in [1.54, 1.807) is 30.3 Å². The highest BCUT2D eigenvalue weighted by Gasteiger charge is 2.17. The van der Waals surface area contributed by atoms with Crippen LogP contribution in [0.1, 0.15) is 16.1 Å². The van der Waals surface area contributed by atoms with Crippen molar-refractivity contribution >= 4 is 35.2 Å². The largest absolute Gasteiger partial charge is 0.467 e. The Morgan fingerprint density at radius 1 is 1.25 bits per heavy atom. The van der Waals surface area contributed by atoms with Gasteiger partial charge in [0.05, 0.1) is 30.8 Å². The van der Waals surface area contributed by atoms with Crippen molar-refractivity contribution in [3.05, 3.63) is 47.9 Å². The van der Waals surface area contributed by atoms with Gasteiger partial charge in [0.1, 0.15) is 5.76 Å². The Labute approximate surface area is 142 Å². The number of nitrogens with one attached hydrogen (secondary N) is 3. The first-order valence-corrected chi connectivity index (χ1v) is 8.24. The van der Waals surface area contributed by atoms with Crippen LogP contribution in [0.5, 0.6) is 0 Å². The molecular weight excluding hydrogens is 330 g/mol. The fourth-order valence-electron chi connectivity index (χ4n) is 2.15. The Morgan fingerprint density at radius 2 is 2.12 bits per heavy atom. The Balaban J connectivity index is 1.52. The molecule has 1 aromatic carbocycles. The first kappa shape index (κ1) is 16.1.